The maximum Gasteiger partial charge on any atom is 0.253 e. The van der Waals surface area contributed by atoms with Crippen molar-refractivity contribution in [3.63, 3.8) is 0 Å². The van der Waals surface area contributed by atoms with Crippen molar-refractivity contribution in [2.24, 2.45) is 0 Å². The van der Waals surface area contributed by atoms with Crippen molar-refractivity contribution < 1.29 is 4.79 Å². The number of hydrogen-bond acceptors (Lipinski definition) is 2. The standard InChI is InChI=1S/C14H20N2O/c1-3-11-4-6-12(7-5-11)14(17)16(2)13-8-9-15-10-13/h4-7,13,15H,3,8-10H2,1-2H3. The first kappa shape index (κ1) is 12.1. The molecule has 1 aromatic rings. The smallest absolute Gasteiger partial charge is 0.253 e. The quantitative estimate of drug-likeness (QED) is 0.860. The highest BCUT2D eigenvalue weighted by molar-refractivity contribution is 5.94. The van der Waals surface area contributed by atoms with Crippen LogP contribution in [0.5, 0.6) is 0 Å². The van der Waals surface area contributed by atoms with Gasteiger partial charge in [-0.25, -0.2) is 0 Å². The van der Waals surface area contributed by atoms with Crippen LogP contribution in [0.4, 0.5) is 0 Å². The second kappa shape index (κ2) is 5.32. The van der Waals surface area contributed by atoms with Crippen LogP contribution in [0, 0.1) is 0 Å². The fraction of sp³-hybridized carbons (Fsp3) is 0.500. The molecule has 0 radical (unpaired) electrons. The minimum Gasteiger partial charge on any atom is -0.337 e. The highest BCUT2D eigenvalue weighted by Crippen LogP contribution is 2.12. The van der Waals surface area contributed by atoms with Crippen LogP contribution in [-0.2, 0) is 6.42 Å². The molecule has 1 aromatic carbocycles. The molecule has 1 atom stereocenters. The van der Waals surface area contributed by atoms with Gasteiger partial charge in [0.25, 0.3) is 5.91 Å². The zero-order valence-electron chi connectivity index (χ0n) is 10.6. The number of nitrogens with one attached hydrogen (secondary N) is 1. The molecule has 2 rings (SSSR count). The molecule has 1 amide bonds. The molecule has 3 nitrogen and oxygen atoms in total. The summed E-state index contributed by atoms with van der Waals surface area (Å²) in [7, 11) is 1.90. The summed E-state index contributed by atoms with van der Waals surface area (Å²) in [5.41, 5.74) is 2.06. The van der Waals surface area contributed by atoms with Crippen molar-refractivity contribution in [3.05, 3.63) is 35.4 Å². The van der Waals surface area contributed by atoms with E-state index in [9.17, 15) is 4.79 Å². The molecule has 1 N–H and O–H groups in total. The lowest BCUT2D eigenvalue weighted by atomic mass is 10.1. The number of rotatable bonds is 3. The molecule has 1 heterocycles. The molecule has 0 aromatic heterocycles. The van der Waals surface area contributed by atoms with Crippen molar-refractivity contribution in [3.8, 4) is 0 Å². The zero-order chi connectivity index (χ0) is 12.3. The summed E-state index contributed by atoms with van der Waals surface area (Å²) in [5, 5.41) is 3.28. The third-order valence-corrected chi connectivity index (χ3v) is 3.51. The van der Waals surface area contributed by atoms with Crippen LogP contribution in [0.3, 0.4) is 0 Å². The minimum atomic E-state index is 0.126. The number of carbonyl (C=O) groups excluding carboxylic acids is 1. The normalized spacial score (nSPS) is 19.3. The Kier molecular flexibility index (Phi) is 3.79. The van der Waals surface area contributed by atoms with Crippen LogP contribution >= 0.6 is 0 Å². The first-order chi connectivity index (χ1) is 8.22. The number of carbonyl (C=O) groups is 1. The van der Waals surface area contributed by atoms with Gasteiger partial charge in [0.05, 0.1) is 0 Å². The predicted molar refractivity (Wildman–Crippen MR) is 69.2 cm³/mol. The van der Waals surface area contributed by atoms with Gasteiger partial charge in [0.15, 0.2) is 0 Å². The Bertz CT molecular complexity index is 380. The van der Waals surface area contributed by atoms with E-state index < -0.39 is 0 Å². The molecule has 0 bridgehead atoms. The van der Waals surface area contributed by atoms with Gasteiger partial charge in [-0.15, -0.1) is 0 Å². The number of aryl methyl sites for hydroxylation is 1. The highest BCUT2D eigenvalue weighted by atomic mass is 16.2. The molecule has 1 fully saturated rings. The molecular formula is C14H20N2O. The molecule has 1 unspecified atom stereocenters. The monoisotopic (exact) mass is 232 g/mol. The molecule has 1 saturated heterocycles. The Balaban J connectivity index is 2.07. The SMILES string of the molecule is CCc1ccc(C(=O)N(C)C2CCNC2)cc1. The van der Waals surface area contributed by atoms with Crippen LogP contribution in [0.15, 0.2) is 24.3 Å². The molecule has 17 heavy (non-hydrogen) atoms. The van der Waals surface area contributed by atoms with Gasteiger partial charge in [-0.3, -0.25) is 4.79 Å². The van der Waals surface area contributed by atoms with Crippen LogP contribution < -0.4 is 5.32 Å². The van der Waals surface area contributed by atoms with Gasteiger partial charge in [-0.2, -0.15) is 0 Å². The van der Waals surface area contributed by atoms with Gasteiger partial charge < -0.3 is 10.2 Å². The number of hydrogen-bond donors (Lipinski definition) is 1. The lowest BCUT2D eigenvalue weighted by molar-refractivity contribution is 0.0744. The third-order valence-electron chi connectivity index (χ3n) is 3.51. The van der Waals surface area contributed by atoms with E-state index in [2.05, 4.69) is 12.2 Å². The fourth-order valence-corrected chi connectivity index (χ4v) is 2.22. The van der Waals surface area contributed by atoms with E-state index in [4.69, 9.17) is 0 Å². The summed E-state index contributed by atoms with van der Waals surface area (Å²) in [6.07, 6.45) is 2.06. The average Bonchev–Trinajstić information content (AvgIpc) is 2.91. The second-order valence-electron chi connectivity index (χ2n) is 4.61. The zero-order valence-corrected chi connectivity index (χ0v) is 10.6. The van der Waals surface area contributed by atoms with Crippen LogP contribution in [0.25, 0.3) is 0 Å². The Hall–Kier alpha value is -1.35. The van der Waals surface area contributed by atoms with E-state index in [0.717, 1.165) is 31.5 Å². The Morgan fingerprint density at radius 2 is 2.12 bits per heavy atom. The maximum absolute atomic E-state index is 12.2. The topological polar surface area (TPSA) is 32.3 Å². The van der Waals surface area contributed by atoms with Gasteiger partial charge in [0.2, 0.25) is 0 Å². The summed E-state index contributed by atoms with van der Waals surface area (Å²) in [5.74, 6) is 0.126. The van der Waals surface area contributed by atoms with Crippen molar-refractivity contribution in [1.29, 1.82) is 0 Å². The number of nitrogens with zero attached hydrogens (tertiary/aromatic N) is 1. The van der Waals surface area contributed by atoms with Crippen molar-refractivity contribution in [1.82, 2.24) is 10.2 Å². The van der Waals surface area contributed by atoms with Gasteiger partial charge in [0, 0.05) is 25.2 Å². The van der Waals surface area contributed by atoms with Crippen LogP contribution in [0.2, 0.25) is 0 Å². The van der Waals surface area contributed by atoms with Gasteiger partial charge in [0.1, 0.15) is 0 Å². The van der Waals surface area contributed by atoms with Gasteiger partial charge in [-0.1, -0.05) is 19.1 Å². The van der Waals surface area contributed by atoms with Crippen molar-refractivity contribution in [2.75, 3.05) is 20.1 Å². The van der Waals surface area contributed by atoms with E-state index >= 15 is 0 Å². The summed E-state index contributed by atoms with van der Waals surface area (Å²) < 4.78 is 0. The van der Waals surface area contributed by atoms with Crippen molar-refractivity contribution >= 4 is 5.91 Å². The number of benzene rings is 1. The van der Waals surface area contributed by atoms with E-state index in [1.54, 1.807) is 0 Å². The molecule has 0 saturated carbocycles. The first-order valence-corrected chi connectivity index (χ1v) is 6.29. The third kappa shape index (κ3) is 2.67. The minimum absolute atomic E-state index is 0.126. The van der Waals surface area contributed by atoms with E-state index in [-0.39, 0.29) is 5.91 Å². The molecule has 1 aliphatic rings. The van der Waals surface area contributed by atoms with Gasteiger partial charge in [-0.05, 0) is 37.1 Å². The Morgan fingerprint density at radius 1 is 1.41 bits per heavy atom. The van der Waals surface area contributed by atoms with E-state index in [1.807, 2.05) is 36.2 Å². The first-order valence-electron chi connectivity index (χ1n) is 6.29. The van der Waals surface area contributed by atoms with Crippen molar-refractivity contribution in [2.45, 2.75) is 25.8 Å². The number of likely N-dealkylation sites (N-methyl/N-ethyl adjacent to an activating group) is 1. The van der Waals surface area contributed by atoms with E-state index in [0.29, 0.717) is 6.04 Å². The largest absolute Gasteiger partial charge is 0.337 e. The predicted octanol–water partition coefficient (Wildman–Crippen LogP) is 1.68. The fourth-order valence-electron chi connectivity index (χ4n) is 2.22. The Morgan fingerprint density at radius 3 is 2.65 bits per heavy atom. The molecule has 3 heteroatoms. The Labute approximate surface area is 103 Å². The second-order valence-corrected chi connectivity index (χ2v) is 4.61. The molecule has 1 aliphatic heterocycles. The number of amides is 1. The summed E-state index contributed by atoms with van der Waals surface area (Å²) in [4.78, 5) is 14.1. The molecule has 0 aliphatic carbocycles. The molecular weight excluding hydrogens is 212 g/mol. The maximum atomic E-state index is 12.2. The van der Waals surface area contributed by atoms with Gasteiger partial charge >= 0.3 is 0 Å². The summed E-state index contributed by atoms with van der Waals surface area (Å²) in [6.45, 7) is 4.04. The van der Waals surface area contributed by atoms with Crippen LogP contribution in [-0.4, -0.2) is 37.0 Å². The highest BCUT2D eigenvalue weighted by Gasteiger charge is 2.23. The lowest BCUT2D eigenvalue weighted by Gasteiger charge is -2.23. The average molecular weight is 232 g/mol. The molecule has 92 valence electrons. The lowest BCUT2D eigenvalue weighted by Crippen LogP contribution is -2.38. The van der Waals surface area contributed by atoms with Crippen LogP contribution in [0.1, 0.15) is 29.3 Å². The summed E-state index contributed by atoms with van der Waals surface area (Å²) >= 11 is 0. The molecule has 0 spiro atoms. The van der Waals surface area contributed by atoms with E-state index in [1.165, 1.54) is 5.56 Å². The summed E-state index contributed by atoms with van der Waals surface area (Å²) in [6, 6.07) is 8.27.